The zero-order valence-electron chi connectivity index (χ0n) is 13.7. The summed E-state index contributed by atoms with van der Waals surface area (Å²) >= 11 is 0. The van der Waals surface area contributed by atoms with Gasteiger partial charge >= 0.3 is 0 Å². The average molecular weight is 334 g/mol. The first-order valence-electron chi connectivity index (χ1n) is 8.36. The Morgan fingerprint density at radius 2 is 1.80 bits per heavy atom. The van der Waals surface area contributed by atoms with E-state index in [9.17, 15) is 9.59 Å². The highest BCUT2D eigenvalue weighted by atomic mass is 16.3. The maximum atomic E-state index is 12.3. The molecule has 0 unspecified atom stereocenters. The fourth-order valence-corrected chi connectivity index (χ4v) is 2.84. The Hall–Kier alpha value is -3.08. The summed E-state index contributed by atoms with van der Waals surface area (Å²) in [4.78, 5) is 26.1. The van der Waals surface area contributed by atoms with Gasteiger partial charge in [-0.15, -0.1) is 0 Å². The topological polar surface area (TPSA) is 62.6 Å². The third kappa shape index (κ3) is 3.26. The number of nitrogens with zero attached hydrogens (tertiary/aromatic N) is 1. The third-order valence-corrected chi connectivity index (χ3v) is 4.43. The first kappa shape index (κ1) is 15.4. The molecule has 0 spiro atoms. The van der Waals surface area contributed by atoms with Crippen molar-refractivity contribution in [1.29, 1.82) is 0 Å². The summed E-state index contributed by atoms with van der Waals surface area (Å²) < 4.78 is 5.56. The summed E-state index contributed by atoms with van der Waals surface area (Å²) in [5.74, 6) is 0.143. The van der Waals surface area contributed by atoms with Gasteiger partial charge in [0.2, 0.25) is 5.91 Å². The van der Waals surface area contributed by atoms with E-state index in [2.05, 4.69) is 5.32 Å². The molecule has 1 saturated heterocycles. The molecule has 2 amide bonds. The molecule has 0 atom stereocenters. The van der Waals surface area contributed by atoms with Gasteiger partial charge in [-0.1, -0.05) is 30.3 Å². The van der Waals surface area contributed by atoms with Crippen molar-refractivity contribution in [3.8, 4) is 0 Å². The van der Waals surface area contributed by atoms with Crippen LogP contribution in [0.5, 0.6) is 0 Å². The molecule has 4 rings (SSSR count). The molecule has 3 aromatic rings. The van der Waals surface area contributed by atoms with E-state index in [1.165, 1.54) is 0 Å². The van der Waals surface area contributed by atoms with E-state index in [0.717, 1.165) is 30.5 Å². The van der Waals surface area contributed by atoms with E-state index in [1.54, 1.807) is 18.2 Å². The van der Waals surface area contributed by atoms with Crippen LogP contribution in [0, 0.1) is 0 Å². The van der Waals surface area contributed by atoms with Crippen LogP contribution in [-0.2, 0) is 11.2 Å². The van der Waals surface area contributed by atoms with Crippen LogP contribution in [0.2, 0.25) is 0 Å². The van der Waals surface area contributed by atoms with Crippen LogP contribution in [-0.4, -0.2) is 29.8 Å². The Labute approximate surface area is 145 Å². The highest BCUT2D eigenvalue weighted by Crippen LogP contribution is 2.20. The number of fused-ring (bicyclic) bond motifs is 1. The first-order valence-corrected chi connectivity index (χ1v) is 8.36. The molecular formula is C20H18N2O3. The SMILES string of the molecule is O=C(Nc1ccc(CC(=O)N2CCC2)cc1)c1cc2ccccc2o1. The van der Waals surface area contributed by atoms with Crippen LogP contribution in [0.4, 0.5) is 5.69 Å². The van der Waals surface area contributed by atoms with Crippen LogP contribution in [0.15, 0.2) is 59.0 Å². The summed E-state index contributed by atoms with van der Waals surface area (Å²) in [6.45, 7) is 1.73. The van der Waals surface area contributed by atoms with Crippen molar-refractivity contribution in [2.24, 2.45) is 0 Å². The van der Waals surface area contributed by atoms with Crippen molar-refractivity contribution >= 4 is 28.5 Å². The second-order valence-electron chi connectivity index (χ2n) is 6.21. The number of hydrogen-bond acceptors (Lipinski definition) is 3. The number of carbonyl (C=O) groups excluding carboxylic acids is 2. The van der Waals surface area contributed by atoms with Gasteiger partial charge in [-0.3, -0.25) is 9.59 Å². The van der Waals surface area contributed by atoms with E-state index < -0.39 is 0 Å². The number of rotatable bonds is 4. The zero-order valence-corrected chi connectivity index (χ0v) is 13.7. The van der Waals surface area contributed by atoms with Crippen LogP contribution >= 0.6 is 0 Å². The Bertz CT molecular complexity index is 891. The van der Waals surface area contributed by atoms with Gasteiger partial charge in [-0.05, 0) is 36.2 Å². The van der Waals surface area contributed by atoms with Crippen molar-refractivity contribution in [1.82, 2.24) is 4.90 Å². The molecule has 1 fully saturated rings. The number of amides is 2. The lowest BCUT2D eigenvalue weighted by Gasteiger charge is -2.30. The minimum Gasteiger partial charge on any atom is -0.451 e. The molecule has 126 valence electrons. The summed E-state index contributed by atoms with van der Waals surface area (Å²) in [5, 5.41) is 3.71. The van der Waals surface area contributed by atoms with E-state index >= 15 is 0 Å². The number of nitrogens with one attached hydrogen (secondary N) is 1. The van der Waals surface area contributed by atoms with Gasteiger partial charge in [-0.2, -0.15) is 0 Å². The van der Waals surface area contributed by atoms with E-state index in [-0.39, 0.29) is 17.6 Å². The van der Waals surface area contributed by atoms with Gasteiger partial charge in [0.05, 0.1) is 6.42 Å². The quantitative estimate of drug-likeness (QED) is 0.795. The fourth-order valence-electron chi connectivity index (χ4n) is 2.84. The van der Waals surface area contributed by atoms with Crippen molar-refractivity contribution in [3.63, 3.8) is 0 Å². The number of carbonyl (C=O) groups is 2. The minimum atomic E-state index is -0.291. The highest BCUT2D eigenvalue weighted by Gasteiger charge is 2.20. The summed E-state index contributed by atoms with van der Waals surface area (Å²) in [7, 11) is 0. The number of furan rings is 1. The molecule has 0 bridgehead atoms. The average Bonchev–Trinajstić information content (AvgIpc) is 2.99. The maximum absolute atomic E-state index is 12.3. The van der Waals surface area contributed by atoms with Gasteiger partial charge in [0, 0.05) is 24.2 Å². The Morgan fingerprint density at radius 3 is 2.48 bits per heavy atom. The fraction of sp³-hybridized carbons (Fsp3) is 0.200. The molecule has 1 aliphatic rings. The lowest BCUT2D eigenvalue weighted by atomic mass is 10.1. The van der Waals surface area contributed by atoms with Crippen LogP contribution in [0.1, 0.15) is 22.5 Å². The van der Waals surface area contributed by atoms with E-state index in [0.29, 0.717) is 17.7 Å². The molecule has 0 radical (unpaired) electrons. The first-order chi connectivity index (χ1) is 12.2. The molecule has 2 heterocycles. The lowest BCUT2D eigenvalue weighted by molar-refractivity contribution is -0.133. The van der Waals surface area contributed by atoms with Crippen molar-refractivity contribution in [2.75, 3.05) is 18.4 Å². The third-order valence-electron chi connectivity index (χ3n) is 4.43. The highest BCUT2D eigenvalue weighted by molar-refractivity contribution is 6.04. The van der Waals surface area contributed by atoms with Gasteiger partial charge in [-0.25, -0.2) is 0 Å². The number of likely N-dealkylation sites (tertiary alicyclic amines) is 1. The summed E-state index contributed by atoms with van der Waals surface area (Å²) in [6.07, 6.45) is 1.50. The maximum Gasteiger partial charge on any atom is 0.291 e. The van der Waals surface area contributed by atoms with Crippen LogP contribution in [0.3, 0.4) is 0 Å². The van der Waals surface area contributed by atoms with Gasteiger partial charge in [0.25, 0.3) is 5.91 Å². The molecule has 1 aliphatic heterocycles. The van der Waals surface area contributed by atoms with E-state index in [1.807, 2.05) is 41.3 Å². The summed E-state index contributed by atoms with van der Waals surface area (Å²) in [5.41, 5.74) is 2.30. The van der Waals surface area contributed by atoms with E-state index in [4.69, 9.17) is 4.42 Å². The number of para-hydroxylation sites is 1. The molecule has 0 aliphatic carbocycles. The molecule has 0 saturated carbocycles. The van der Waals surface area contributed by atoms with Crippen molar-refractivity contribution in [3.05, 3.63) is 65.9 Å². The molecule has 5 nitrogen and oxygen atoms in total. The number of hydrogen-bond donors (Lipinski definition) is 1. The van der Waals surface area contributed by atoms with Gasteiger partial charge in [0.15, 0.2) is 5.76 Å². The Balaban J connectivity index is 1.41. The predicted molar refractivity (Wildman–Crippen MR) is 95.5 cm³/mol. The van der Waals surface area contributed by atoms with Gasteiger partial charge in [0.1, 0.15) is 5.58 Å². The largest absolute Gasteiger partial charge is 0.451 e. The molecule has 1 aromatic heterocycles. The molecule has 1 N–H and O–H groups in total. The zero-order chi connectivity index (χ0) is 17.2. The molecule has 25 heavy (non-hydrogen) atoms. The number of anilines is 1. The minimum absolute atomic E-state index is 0.158. The van der Waals surface area contributed by atoms with Crippen LogP contribution in [0.25, 0.3) is 11.0 Å². The smallest absolute Gasteiger partial charge is 0.291 e. The van der Waals surface area contributed by atoms with Crippen molar-refractivity contribution < 1.29 is 14.0 Å². The standard InChI is InChI=1S/C20H18N2O3/c23-19(22-10-3-11-22)12-14-6-8-16(9-7-14)21-20(24)18-13-15-4-1-2-5-17(15)25-18/h1-2,4-9,13H,3,10-12H2,(H,21,24). The molecular weight excluding hydrogens is 316 g/mol. The van der Waals surface area contributed by atoms with Crippen LogP contribution < -0.4 is 5.32 Å². The number of benzene rings is 2. The normalized spacial score (nSPS) is 13.5. The monoisotopic (exact) mass is 334 g/mol. The Morgan fingerprint density at radius 1 is 1.04 bits per heavy atom. The summed E-state index contributed by atoms with van der Waals surface area (Å²) in [6, 6.07) is 16.6. The predicted octanol–water partition coefficient (Wildman–Crippen LogP) is 3.46. The van der Waals surface area contributed by atoms with Crippen molar-refractivity contribution in [2.45, 2.75) is 12.8 Å². The molecule has 2 aromatic carbocycles. The Kier molecular flexibility index (Phi) is 3.98. The van der Waals surface area contributed by atoms with Gasteiger partial charge < -0.3 is 14.6 Å². The lowest BCUT2D eigenvalue weighted by Crippen LogP contribution is -2.42. The second-order valence-corrected chi connectivity index (χ2v) is 6.21. The molecule has 5 heteroatoms. The second kappa shape index (κ2) is 6.43.